The summed E-state index contributed by atoms with van der Waals surface area (Å²) < 4.78 is 4.97. The van der Waals surface area contributed by atoms with E-state index in [-0.39, 0.29) is 11.3 Å². The van der Waals surface area contributed by atoms with Crippen molar-refractivity contribution in [2.45, 2.75) is 13.3 Å². The van der Waals surface area contributed by atoms with E-state index in [2.05, 4.69) is 6.92 Å². The van der Waals surface area contributed by atoms with Crippen molar-refractivity contribution in [1.82, 2.24) is 0 Å². The summed E-state index contributed by atoms with van der Waals surface area (Å²) >= 11 is 0. The molecule has 0 fully saturated rings. The van der Waals surface area contributed by atoms with E-state index < -0.39 is 17.2 Å². The molecular weight excluding hydrogens is 296 g/mol. The van der Waals surface area contributed by atoms with E-state index in [1.54, 1.807) is 6.07 Å². The molecule has 3 aromatic rings. The molecule has 2 aromatic carbocycles. The fourth-order valence-corrected chi connectivity index (χ4v) is 2.46. The zero-order valence-corrected chi connectivity index (χ0v) is 12.4. The van der Waals surface area contributed by atoms with E-state index >= 15 is 0 Å². The van der Waals surface area contributed by atoms with Crippen molar-refractivity contribution >= 4 is 16.9 Å². The SMILES string of the molecule is CCc1ccc(-c2cc3cc(C(=O)O)c(=O)oc3cc2O)cc1. The van der Waals surface area contributed by atoms with Crippen molar-refractivity contribution in [3.05, 3.63) is 64.0 Å². The molecule has 0 bridgehead atoms. The second kappa shape index (κ2) is 5.61. The van der Waals surface area contributed by atoms with Crippen molar-refractivity contribution in [1.29, 1.82) is 0 Å². The molecule has 0 radical (unpaired) electrons. The minimum absolute atomic E-state index is 0.0343. The Kier molecular flexibility index (Phi) is 3.62. The van der Waals surface area contributed by atoms with E-state index in [0.717, 1.165) is 12.0 Å². The largest absolute Gasteiger partial charge is 0.507 e. The third kappa shape index (κ3) is 2.68. The number of aromatic carboxylic acids is 1. The van der Waals surface area contributed by atoms with Crippen molar-refractivity contribution in [2.75, 3.05) is 0 Å². The standard InChI is InChI=1S/C18H14O5/c1-2-10-3-5-11(6-4-10)13-7-12-8-14(17(20)21)18(22)23-16(12)9-15(13)19/h3-9,19H,2H2,1H3,(H,20,21). The maximum Gasteiger partial charge on any atom is 0.351 e. The third-order valence-corrected chi connectivity index (χ3v) is 3.75. The van der Waals surface area contributed by atoms with Crippen LogP contribution >= 0.6 is 0 Å². The molecule has 0 saturated carbocycles. The Morgan fingerprint density at radius 2 is 1.83 bits per heavy atom. The first kappa shape index (κ1) is 14.8. The number of aryl methyl sites for hydroxylation is 1. The van der Waals surface area contributed by atoms with Gasteiger partial charge in [0.1, 0.15) is 16.9 Å². The molecule has 0 unspecified atom stereocenters. The molecule has 3 rings (SSSR count). The van der Waals surface area contributed by atoms with E-state index in [0.29, 0.717) is 10.9 Å². The number of fused-ring (bicyclic) bond motifs is 1. The lowest BCUT2D eigenvalue weighted by molar-refractivity contribution is 0.0692. The first-order valence-electron chi connectivity index (χ1n) is 7.13. The van der Waals surface area contributed by atoms with Gasteiger partial charge in [-0.3, -0.25) is 0 Å². The van der Waals surface area contributed by atoms with Gasteiger partial charge in [0.25, 0.3) is 0 Å². The van der Waals surface area contributed by atoms with Gasteiger partial charge >= 0.3 is 11.6 Å². The van der Waals surface area contributed by atoms with E-state index in [1.165, 1.54) is 17.7 Å². The monoisotopic (exact) mass is 310 g/mol. The van der Waals surface area contributed by atoms with Crippen molar-refractivity contribution < 1.29 is 19.4 Å². The highest BCUT2D eigenvalue weighted by Crippen LogP contribution is 2.33. The predicted octanol–water partition coefficient (Wildman–Crippen LogP) is 3.43. The number of aromatic hydroxyl groups is 1. The fourth-order valence-electron chi connectivity index (χ4n) is 2.46. The summed E-state index contributed by atoms with van der Waals surface area (Å²) in [6.07, 6.45) is 0.914. The average Bonchev–Trinajstić information content (AvgIpc) is 2.53. The van der Waals surface area contributed by atoms with Crippen molar-refractivity contribution in [3.8, 4) is 16.9 Å². The lowest BCUT2D eigenvalue weighted by Crippen LogP contribution is -2.12. The van der Waals surface area contributed by atoms with Gasteiger partial charge in [0.05, 0.1) is 0 Å². The van der Waals surface area contributed by atoms with E-state index in [1.807, 2.05) is 24.3 Å². The molecule has 2 N–H and O–H groups in total. The Labute approximate surface area is 131 Å². The van der Waals surface area contributed by atoms with Crippen LogP contribution in [0.15, 0.2) is 51.7 Å². The summed E-state index contributed by atoms with van der Waals surface area (Å²) in [5.74, 6) is -1.38. The lowest BCUT2D eigenvalue weighted by atomic mass is 10.00. The van der Waals surface area contributed by atoms with Crippen molar-refractivity contribution in [3.63, 3.8) is 0 Å². The highest BCUT2D eigenvalue weighted by atomic mass is 16.4. The molecule has 0 spiro atoms. The summed E-state index contributed by atoms with van der Waals surface area (Å²) in [6, 6.07) is 11.9. The summed E-state index contributed by atoms with van der Waals surface area (Å²) in [5.41, 5.74) is 1.29. The molecule has 0 atom stereocenters. The number of phenols is 1. The Balaban J connectivity index is 2.21. The topological polar surface area (TPSA) is 87.7 Å². The number of hydrogen-bond acceptors (Lipinski definition) is 4. The Morgan fingerprint density at radius 3 is 2.43 bits per heavy atom. The molecule has 0 aliphatic carbocycles. The van der Waals surface area contributed by atoms with Crippen LogP contribution < -0.4 is 5.63 Å². The number of phenolic OH excluding ortho intramolecular Hbond substituents is 1. The molecule has 23 heavy (non-hydrogen) atoms. The molecule has 0 saturated heterocycles. The van der Waals surface area contributed by atoms with Gasteiger partial charge in [-0.15, -0.1) is 0 Å². The molecule has 0 amide bonds. The summed E-state index contributed by atoms with van der Waals surface area (Å²) in [4.78, 5) is 22.6. The molecule has 116 valence electrons. The smallest absolute Gasteiger partial charge is 0.351 e. The number of carboxylic acids is 1. The highest BCUT2D eigenvalue weighted by molar-refractivity contribution is 5.93. The normalized spacial score (nSPS) is 10.8. The van der Waals surface area contributed by atoms with E-state index in [9.17, 15) is 14.7 Å². The first-order chi connectivity index (χ1) is 11.0. The minimum atomic E-state index is -1.34. The van der Waals surface area contributed by atoms with Crippen LogP contribution in [0.4, 0.5) is 0 Å². The molecule has 5 nitrogen and oxygen atoms in total. The molecule has 5 heteroatoms. The van der Waals surface area contributed by atoms with Crippen LogP contribution in [0.3, 0.4) is 0 Å². The van der Waals surface area contributed by atoms with Crippen LogP contribution in [-0.4, -0.2) is 16.2 Å². The lowest BCUT2D eigenvalue weighted by Gasteiger charge is -2.08. The second-order valence-corrected chi connectivity index (χ2v) is 5.21. The number of hydrogen-bond donors (Lipinski definition) is 2. The number of carboxylic acid groups (broad SMARTS) is 1. The number of rotatable bonds is 3. The summed E-state index contributed by atoms with van der Waals surface area (Å²) in [6.45, 7) is 2.05. The van der Waals surface area contributed by atoms with Gasteiger partial charge in [0.15, 0.2) is 0 Å². The van der Waals surface area contributed by atoms with Gasteiger partial charge in [0, 0.05) is 17.0 Å². The first-order valence-corrected chi connectivity index (χ1v) is 7.13. The van der Waals surface area contributed by atoms with Crippen LogP contribution in [0.2, 0.25) is 0 Å². The Morgan fingerprint density at radius 1 is 1.13 bits per heavy atom. The van der Waals surface area contributed by atoms with Gasteiger partial charge in [-0.2, -0.15) is 0 Å². The minimum Gasteiger partial charge on any atom is -0.507 e. The van der Waals surface area contributed by atoms with Crippen LogP contribution in [0.5, 0.6) is 5.75 Å². The van der Waals surface area contributed by atoms with Gasteiger partial charge < -0.3 is 14.6 Å². The number of carbonyl (C=O) groups is 1. The van der Waals surface area contributed by atoms with Crippen LogP contribution in [0, 0.1) is 0 Å². The fraction of sp³-hybridized carbons (Fsp3) is 0.111. The summed E-state index contributed by atoms with van der Waals surface area (Å²) in [7, 11) is 0. The Hall–Kier alpha value is -3.08. The van der Waals surface area contributed by atoms with Crippen molar-refractivity contribution in [2.24, 2.45) is 0 Å². The highest BCUT2D eigenvalue weighted by Gasteiger charge is 2.14. The molecule has 1 aromatic heterocycles. The summed E-state index contributed by atoms with van der Waals surface area (Å²) in [5, 5.41) is 19.6. The van der Waals surface area contributed by atoms with Gasteiger partial charge in [-0.05, 0) is 29.7 Å². The predicted molar refractivity (Wildman–Crippen MR) is 85.9 cm³/mol. The van der Waals surface area contributed by atoms with Crippen LogP contribution in [0.25, 0.3) is 22.1 Å². The maximum atomic E-state index is 11.6. The number of benzene rings is 2. The zero-order valence-electron chi connectivity index (χ0n) is 12.4. The van der Waals surface area contributed by atoms with Crippen LogP contribution in [0.1, 0.15) is 22.8 Å². The zero-order chi connectivity index (χ0) is 16.6. The molecular formula is C18H14O5. The van der Waals surface area contributed by atoms with Crippen LogP contribution in [-0.2, 0) is 6.42 Å². The van der Waals surface area contributed by atoms with E-state index in [4.69, 9.17) is 9.52 Å². The second-order valence-electron chi connectivity index (χ2n) is 5.21. The average molecular weight is 310 g/mol. The molecule has 0 aliphatic heterocycles. The van der Waals surface area contributed by atoms with Gasteiger partial charge in [0.2, 0.25) is 0 Å². The third-order valence-electron chi connectivity index (χ3n) is 3.75. The van der Waals surface area contributed by atoms with Gasteiger partial charge in [-0.25, -0.2) is 9.59 Å². The van der Waals surface area contributed by atoms with Gasteiger partial charge in [-0.1, -0.05) is 31.2 Å². The molecule has 0 aliphatic rings. The maximum absolute atomic E-state index is 11.6. The quantitative estimate of drug-likeness (QED) is 0.724. The molecule has 1 heterocycles. The Bertz CT molecular complexity index is 952.